The number of rotatable bonds is 67. The fourth-order valence-electron chi connectivity index (χ4n) is 12.5. The first-order valence-electron chi connectivity index (χ1n) is 41.2. The largest absolute Gasteiger partial charge is 0.394 e. The van der Waals surface area contributed by atoms with Crippen molar-refractivity contribution in [3.05, 3.63) is 158 Å². The number of hydrogen-bond acceptors (Lipinski definition) is 13. The van der Waals surface area contributed by atoms with Crippen LogP contribution in [-0.2, 0) is 23.7 Å². The van der Waals surface area contributed by atoms with Gasteiger partial charge in [0.1, 0.15) is 48.8 Å². The van der Waals surface area contributed by atoms with Gasteiger partial charge >= 0.3 is 0 Å². The highest BCUT2D eigenvalue weighted by atomic mass is 16.7. The molecular weight excluding hydrogens is 1290 g/mol. The first-order valence-corrected chi connectivity index (χ1v) is 41.2. The summed E-state index contributed by atoms with van der Waals surface area (Å²) < 4.78 is 22.9. The summed E-state index contributed by atoms with van der Waals surface area (Å²) in [6.07, 6.45) is 91.8. The van der Waals surface area contributed by atoms with Crippen molar-refractivity contribution in [1.82, 2.24) is 5.32 Å². The molecule has 0 spiro atoms. The monoisotopic (exact) mass is 1440 g/mol. The lowest BCUT2D eigenvalue weighted by molar-refractivity contribution is -0.359. The molecule has 0 aromatic heterocycles. The zero-order chi connectivity index (χ0) is 74.4. The molecule has 103 heavy (non-hydrogen) atoms. The number of amides is 1. The minimum atomic E-state index is -1.80. The summed E-state index contributed by atoms with van der Waals surface area (Å²) in [7, 11) is 0. The van der Waals surface area contributed by atoms with E-state index in [1.165, 1.54) is 148 Å². The van der Waals surface area contributed by atoms with Gasteiger partial charge in [-0.25, -0.2) is 0 Å². The van der Waals surface area contributed by atoms with E-state index in [4.69, 9.17) is 18.9 Å². The molecule has 0 aromatic carbocycles. The van der Waals surface area contributed by atoms with Crippen LogP contribution >= 0.6 is 0 Å². The van der Waals surface area contributed by atoms with Gasteiger partial charge in [-0.2, -0.15) is 0 Å². The van der Waals surface area contributed by atoms with Crippen LogP contribution in [0.4, 0.5) is 0 Å². The standard InChI is InChI=1S/C89H149NO13/c1-3-5-7-9-11-13-15-17-19-21-23-25-27-29-31-33-35-36-37-38-39-40-41-42-43-45-47-49-51-53-55-57-59-61-63-65-67-69-71-73-81(94)90-77(76-100-88-86(99)84(97)87(80(75-92)102-88)103-89-85(98)83(96)82(95)79(74-91)101-89)78(93)72-70-68-66-64-62-60-58-56-54-52-50-48-46-44-34-32-30-28-26-24-22-20-18-16-14-12-10-8-6-4-2/h5,7,11,13,17,19,23,25,29,31,35-36,38-39,41-42,45,47,51,53-54,56,62,64,70,72,77-80,82-89,91-93,95-99H,3-4,6,8-10,12,14-16,18,20-22,24,26-28,30,32-34,37,40,43-44,46,48-50,52,55,57-61,63,65-69,71,73-76H2,1-2H3,(H,90,94)/b7-5-,13-11-,19-17-,25-23-,31-29-,36-35-,39-38-,42-41-,47-45-,53-51-,56-54+,64-62+,72-70+. The van der Waals surface area contributed by atoms with Crippen molar-refractivity contribution >= 4 is 5.91 Å². The second kappa shape index (κ2) is 70.6. The molecule has 2 aliphatic heterocycles. The van der Waals surface area contributed by atoms with Crippen LogP contribution in [0.3, 0.4) is 0 Å². The highest BCUT2D eigenvalue weighted by Gasteiger charge is 2.51. The summed E-state index contributed by atoms with van der Waals surface area (Å²) in [5, 5.41) is 87.7. The van der Waals surface area contributed by atoms with E-state index in [0.29, 0.717) is 12.8 Å². The zero-order valence-electron chi connectivity index (χ0n) is 64.5. The first kappa shape index (κ1) is 94.7. The van der Waals surface area contributed by atoms with Gasteiger partial charge in [-0.15, -0.1) is 0 Å². The minimum Gasteiger partial charge on any atom is -0.394 e. The zero-order valence-corrected chi connectivity index (χ0v) is 64.5. The summed E-state index contributed by atoms with van der Waals surface area (Å²) in [5.74, 6) is -0.266. The van der Waals surface area contributed by atoms with Crippen molar-refractivity contribution in [2.45, 2.75) is 376 Å². The Morgan fingerprint density at radius 2 is 0.680 bits per heavy atom. The second-order valence-electron chi connectivity index (χ2n) is 28.1. The van der Waals surface area contributed by atoms with E-state index >= 15 is 0 Å². The van der Waals surface area contributed by atoms with E-state index < -0.39 is 86.8 Å². The molecule has 2 heterocycles. The Balaban J connectivity index is 1.65. The average Bonchev–Trinajstić information content (AvgIpc) is 0.791. The Labute approximate surface area is 626 Å². The van der Waals surface area contributed by atoms with Gasteiger partial charge in [0.2, 0.25) is 5.91 Å². The van der Waals surface area contributed by atoms with Gasteiger partial charge in [0.15, 0.2) is 12.6 Å². The number of hydrogen-bond donors (Lipinski definition) is 9. The minimum absolute atomic E-state index is 0.250. The molecule has 12 atom stereocenters. The third-order valence-electron chi connectivity index (χ3n) is 18.9. The predicted octanol–water partition coefficient (Wildman–Crippen LogP) is 19.3. The number of aliphatic hydroxyl groups excluding tert-OH is 8. The smallest absolute Gasteiger partial charge is 0.220 e. The fraction of sp³-hybridized carbons (Fsp3) is 0.697. The van der Waals surface area contributed by atoms with Gasteiger partial charge < -0.3 is 65.1 Å². The molecule has 2 rings (SSSR count). The molecule has 12 unspecified atom stereocenters. The molecule has 588 valence electrons. The van der Waals surface area contributed by atoms with Crippen LogP contribution in [0.25, 0.3) is 0 Å². The Morgan fingerprint density at radius 1 is 0.359 bits per heavy atom. The second-order valence-corrected chi connectivity index (χ2v) is 28.1. The van der Waals surface area contributed by atoms with E-state index in [0.717, 1.165) is 122 Å². The molecule has 0 bridgehead atoms. The Kier molecular flexibility index (Phi) is 64.9. The van der Waals surface area contributed by atoms with E-state index in [1.54, 1.807) is 6.08 Å². The average molecular weight is 1440 g/mol. The Hall–Kier alpha value is -4.39. The van der Waals surface area contributed by atoms with E-state index in [1.807, 2.05) is 6.08 Å². The van der Waals surface area contributed by atoms with Crippen LogP contribution in [-0.4, -0.2) is 140 Å². The van der Waals surface area contributed by atoms with E-state index in [9.17, 15) is 45.6 Å². The third-order valence-corrected chi connectivity index (χ3v) is 18.9. The molecule has 2 fully saturated rings. The molecule has 1 amide bonds. The molecule has 14 heteroatoms. The summed E-state index contributed by atoms with van der Waals surface area (Å²) in [4.78, 5) is 13.4. The van der Waals surface area contributed by atoms with Crippen LogP contribution in [0, 0.1) is 0 Å². The quantitative estimate of drug-likeness (QED) is 0.0204. The van der Waals surface area contributed by atoms with Crippen LogP contribution < -0.4 is 5.32 Å². The third kappa shape index (κ3) is 53.1. The molecule has 2 saturated heterocycles. The highest BCUT2D eigenvalue weighted by Crippen LogP contribution is 2.30. The number of nitrogens with one attached hydrogen (secondary N) is 1. The van der Waals surface area contributed by atoms with Gasteiger partial charge in [-0.1, -0.05) is 332 Å². The summed E-state index contributed by atoms with van der Waals surface area (Å²) >= 11 is 0. The molecule has 2 aliphatic rings. The van der Waals surface area contributed by atoms with E-state index in [-0.39, 0.29) is 18.9 Å². The lowest BCUT2D eigenvalue weighted by Crippen LogP contribution is -2.65. The SMILES string of the molecule is CC/C=C\C/C=C\C/C=C\C/C=C\C/C=C\C/C=C\C/C=C\C/C=C\C/C=C\C/C=C\CCCCCCCCCCC(=O)NC(COC1OC(CO)C(OC2OC(CO)C(O)C(O)C2O)C(O)C1O)C(O)/C=C/CC/C=C/CC/C=C/CCCCCCCCCCCCCCCCCCCCCC. The maximum atomic E-state index is 13.4. The number of allylic oxidation sites excluding steroid dienone is 25. The van der Waals surface area contributed by atoms with Crippen molar-refractivity contribution in [3.63, 3.8) is 0 Å². The Bertz CT molecular complexity index is 2350. The first-order chi connectivity index (χ1) is 50.6. The van der Waals surface area contributed by atoms with Gasteiger partial charge in [-0.05, 0) is 122 Å². The molecule has 0 aromatic rings. The van der Waals surface area contributed by atoms with Crippen molar-refractivity contribution in [3.8, 4) is 0 Å². The van der Waals surface area contributed by atoms with Crippen molar-refractivity contribution in [1.29, 1.82) is 0 Å². The molecule has 9 N–H and O–H groups in total. The van der Waals surface area contributed by atoms with Gasteiger partial charge in [0, 0.05) is 6.42 Å². The number of aliphatic hydroxyl groups is 8. The molecule has 0 radical (unpaired) electrons. The Morgan fingerprint density at radius 3 is 1.07 bits per heavy atom. The number of carbonyl (C=O) groups is 1. The normalized spacial score (nSPS) is 22.4. The molecule has 0 aliphatic carbocycles. The summed E-state index contributed by atoms with van der Waals surface area (Å²) in [5.41, 5.74) is 0. The van der Waals surface area contributed by atoms with Crippen molar-refractivity contribution < 1.29 is 64.6 Å². The maximum absolute atomic E-state index is 13.4. The summed E-state index contributed by atoms with van der Waals surface area (Å²) in [6, 6.07) is -0.957. The number of ether oxygens (including phenoxy) is 4. The topological polar surface area (TPSA) is 228 Å². The summed E-state index contributed by atoms with van der Waals surface area (Å²) in [6.45, 7) is 2.68. The van der Waals surface area contributed by atoms with E-state index in [2.05, 4.69) is 165 Å². The van der Waals surface area contributed by atoms with Crippen LogP contribution in [0.5, 0.6) is 0 Å². The lowest BCUT2D eigenvalue weighted by atomic mass is 9.97. The van der Waals surface area contributed by atoms with Crippen molar-refractivity contribution in [2.75, 3.05) is 19.8 Å². The van der Waals surface area contributed by atoms with Gasteiger partial charge in [-0.3, -0.25) is 4.79 Å². The van der Waals surface area contributed by atoms with Crippen LogP contribution in [0.2, 0.25) is 0 Å². The molecule has 0 saturated carbocycles. The predicted molar refractivity (Wildman–Crippen MR) is 428 cm³/mol. The highest BCUT2D eigenvalue weighted by molar-refractivity contribution is 5.76. The van der Waals surface area contributed by atoms with Crippen LogP contribution in [0.1, 0.15) is 303 Å². The fourth-order valence-corrected chi connectivity index (χ4v) is 12.5. The van der Waals surface area contributed by atoms with Crippen LogP contribution in [0.15, 0.2) is 158 Å². The van der Waals surface area contributed by atoms with Gasteiger partial charge in [0.25, 0.3) is 0 Å². The molecule has 14 nitrogen and oxygen atoms in total. The molecular formula is C89H149NO13. The maximum Gasteiger partial charge on any atom is 0.220 e. The number of unbranched alkanes of at least 4 members (excludes halogenated alkanes) is 30. The number of carbonyl (C=O) groups excluding carboxylic acids is 1. The lowest BCUT2D eigenvalue weighted by Gasteiger charge is -2.46. The van der Waals surface area contributed by atoms with Crippen molar-refractivity contribution in [2.24, 2.45) is 0 Å². The van der Waals surface area contributed by atoms with Gasteiger partial charge in [0.05, 0.1) is 32.0 Å².